The van der Waals surface area contributed by atoms with Crippen LogP contribution >= 0.6 is 11.3 Å². The fourth-order valence-electron chi connectivity index (χ4n) is 2.32. The lowest BCUT2D eigenvalue weighted by Gasteiger charge is -2.13. The third-order valence-corrected chi connectivity index (χ3v) is 4.67. The number of aryl methyl sites for hydroxylation is 1. The van der Waals surface area contributed by atoms with E-state index >= 15 is 0 Å². The smallest absolute Gasteiger partial charge is 0.263 e. The molecule has 114 valence electrons. The molecule has 1 unspecified atom stereocenters. The van der Waals surface area contributed by atoms with Gasteiger partial charge in [0.1, 0.15) is 9.71 Å². The van der Waals surface area contributed by atoms with Gasteiger partial charge in [-0.05, 0) is 32.4 Å². The minimum absolute atomic E-state index is 0.0860. The number of nitrogens with zero attached hydrogens (tertiary/aromatic N) is 1. The summed E-state index contributed by atoms with van der Waals surface area (Å²) in [4.78, 5) is 18.2. The molecular weight excluding hydrogens is 282 g/mol. The summed E-state index contributed by atoms with van der Waals surface area (Å²) in [5, 5.41) is 3.90. The molecule has 3 N–H and O–H groups in total. The number of carbonyl (C=O) groups excluding carboxylic acids is 1. The first-order valence-electron chi connectivity index (χ1n) is 7.49. The average Bonchev–Trinajstić information content (AvgIpc) is 2.75. The second-order valence-electron chi connectivity index (χ2n) is 5.52. The van der Waals surface area contributed by atoms with Crippen LogP contribution in [0.5, 0.6) is 0 Å². The van der Waals surface area contributed by atoms with Crippen molar-refractivity contribution in [1.82, 2.24) is 10.3 Å². The van der Waals surface area contributed by atoms with Crippen LogP contribution in [-0.2, 0) is 0 Å². The Morgan fingerprint density at radius 2 is 2.19 bits per heavy atom. The number of nitrogens with one attached hydrogen (secondary N) is 1. The van der Waals surface area contributed by atoms with Crippen molar-refractivity contribution in [3.8, 4) is 0 Å². The molecule has 5 heteroatoms. The zero-order valence-electron chi connectivity index (χ0n) is 12.9. The Bertz CT molecular complexity index is 636. The maximum Gasteiger partial charge on any atom is 0.263 e. The summed E-state index contributed by atoms with van der Waals surface area (Å²) in [6.07, 6.45) is 4.53. The van der Waals surface area contributed by atoms with Gasteiger partial charge in [0.2, 0.25) is 0 Å². The minimum Gasteiger partial charge on any atom is -0.397 e. The lowest BCUT2D eigenvalue weighted by Crippen LogP contribution is -2.32. The van der Waals surface area contributed by atoms with Crippen LogP contribution in [0.25, 0.3) is 10.2 Å². The highest BCUT2D eigenvalue weighted by atomic mass is 32.1. The van der Waals surface area contributed by atoms with Crippen LogP contribution < -0.4 is 11.1 Å². The van der Waals surface area contributed by atoms with Crippen LogP contribution in [0.1, 0.15) is 54.9 Å². The molecule has 0 bridgehead atoms. The van der Waals surface area contributed by atoms with E-state index in [9.17, 15) is 4.79 Å². The number of pyridine rings is 1. The molecule has 2 heterocycles. The number of fused-ring (bicyclic) bond motifs is 1. The van der Waals surface area contributed by atoms with E-state index < -0.39 is 0 Å². The predicted molar refractivity (Wildman–Crippen MR) is 89.8 cm³/mol. The van der Waals surface area contributed by atoms with Crippen molar-refractivity contribution in [3.63, 3.8) is 0 Å². The minimum atomic E-state index is -0.0860. The molecule has 0 aliphatic heterocycles. The number of amides is 1. The number of hydrogen-bond acceptors (Lipinski definition) is 4. The van der Waals surface area contributed by atoms with Gasteiger partial charge in [-0.2, -0.15) is 0 Å². The van der Waals surface area contributed by atoms with E-state index in [0.717, 1.165) is 28.8 Å². The second-order valence-corrected chi connectivity index (χ2v) is 6.52. The monoisotopic (exact) mass is 305 g/mol. The summed E-state index contributed by atoms with van der Waals surface area (Å²) in [7, 11) is 0. The highest BCUT2D eigenvalue weighted by Gasteiger charge is 2.18. The van der Waals surface area contributed by atoms with E-state index in [-0.39, 0.29) is 11.9 Å². The standard InChI is InChI=1S/C16H23N3OS/c1-4-5-6-7-10(2)18-15(20)14-13(17)12-9-8-11(3)19-16(12)21-14/h8-10H,4-7,17H2,1-3H3,(H,18,20). The lowest BCUT2D eigenvalue weighted by molar-refractivity contribution is 0.0943. The number of unbranched alkanes of at least 4 members (excludes halogenated alkanes) is 2. The summed E-state index contributed by atoms with van der Waals surface area (Å²) in [6, 6.07) is 4.02. The van der Waals surface area contributed by atoms with Crippen molar-refractivity contribution in [1.29, 1.82) is 0 Å². The number of carbonyl (C=O) groups is 1. The Morgan fingerprint density at radius 3 is 2.90 bits per heavy atom. The summed E-state index contributed by atoms with van der Waals surface area (Å²) in [5.41, 5.74) is 7.57. The normalized spacial score (nSPS) is 12.5. The van der Waals surface area contributed by atoms with Crippen molar-refractivity contribution < 1.29 is 4.79 Å². The van der Waals surface area contributed by atoms with Gasteiger partial charge in [0, 0.05) is 17.1 Å². The van der Waals surface area contributed by atoms with Crippen molar-refractivity contribution in [2.45, 2.75) is 52.5 Å². The van der Waals surface area contributed by atoms with Crippen LogP contribution in [0.2, 0.25) is 0 Å². The van der Waals surface area contributed by atoms with Crippen molar-refractivity contribution in [3.05, 3.63) is 22.7 Å². The Hall–Kier alpha value is -1.62. The molecule has 0 aromatic carbocycles. The van der Waals surface area contributed by atoms with Crippen LogP contribution in [0.4, 0.5) is 5.69 Å². The molecule has 1 amide bonds. The van der Waals surface area contributed by atoms with Crippen LogP contribution in [0, 0.1) is 6.92 Å². The van der Waals surface area contributed by atoms with E-state index in [1.807, 2.05) is 26.0 Å². The first kappa shape index (κ1) is 15.8. The maximum atomic E-state index is 12.4. The van der Waals surface area contributed by atoms with E-state index in [1.54, 1.807) is 0 Å². The fraction of sp³-hybridized carbons (Fsp3) is 0.500. The molecule has 2 rings (SSSR count). The molecular formula is C16H23N3OS. The number of anilines is 1. The van der Waals surface area contributed by atoms with Gasteiger partial charge in [-0.3, -0.25) is 4.79 Å². The van der Waals surface area contributed by atoms with Crippen LogP contribution in [-0.4, -0.2) is 16.9 Å². The van der Waals surface area contributed by atoms with E-state index in [4.69, 9.17) is 5.73 Å². The van der Waals surface area contributed by atoms with Gasteiger partial charge in [0.05, 0.1) is 5.69 Å². The van der Waals surface area contributed by atoms with E-state index in [0.29, 0.717) is 10.6 Å². The number of rotatable bonds is 6. The Labute approximate surface area is 129 Å². The molecule has 2 aromatic rings. The van der Waals surface area contributed by atoms with E-state index in [2.05, 4.69) is 17.2 Å². The molecule has 21 heavy (non-hydrogen) atoms. The number of nitrogens with two attached hydrogens (primary N) is 1. The predicted octanol–water partition coefficient (Wildman–Crippen LogP) is 3.89. The molecule has 4 nitrogen and oxygen atoms in total. The largest absolute Gasteiger partial charge is 0.397 e. The Kier molecular flexibility index (Phi) is 5.17. The maximum absolute atomic E-state index is 12.4. The zero-order chi connectivity index (χ0) is 15.4. The molecule has 0 saturated carbocycles. The molecule has 0 aliphatic rings. The van der Waals surface area contributed by atoms with Gasteiger partial charge >= 0.3 is 0 Å². The summed E-state index contributed by atoms with van der Waals surface area (Å²) >= 11 is 1.37. The second kappa shape index (κ2) is 6.89. The van der Waals surface area contributed by atoms with Gasteiger partial charge in [-0.15, -0.1) is 11.3 Å². The van der Waals surface area contributed by atoms with Gasteiger partial charge in [-0.25, -0.2) is 4.98 Å². The van der Waals surface area contributed by atoms with Crippen LogP contribution in [0.3, 0.4) is 0 Å². The third kappa shape index (κ3) is 3.73. The van der Waals surface area contributed by atoms with E-state index in [1.165, 1.54) is 24.2 Å². The molecule has 1 atom stereocenters. The first-order valence-corrected chi connectivity index (χ1v) is 8.31. The SMILES string of the molecule is CCCCCC(C)NC(=O)c1sc2nc(C)ccc2c1N. The topological polar surface area (TPSA) is 68.0 Å². The highest BCUT2D eigenvalue weighted by Crippen LogP contribution is 2.32. The fourth-order valence-corrected chi connectivity index (χ4v) is 3.36. The number of hydrogen-bond donors (Lipinski definition) is 2. The zero-order valence-corrected chi connectivity index (χ0v) is 13.7. The van der Waals surface area contributed by atoms with Gasteiger partial charge < -0.3 is 11.1 Å². The number of thiophene rings is 1. The van der Waals surface area contributed by atoms with Crippen molar-refractivity contribution in [2.24, 2.45) is 0 Å². The third-order valence-electron chi connectivity index (χ3n) is 3.56. The van der Waals surface area contributed by atoms with Crippen LogP contribution in [0.15, 0.2) is 12.1 Å². The molecule has 0 radical (unpaired) electrons. The van der Waals surface area contributed by atoms with Gasteiger partial charge in [0.25, 0.3) is 5.91 Å². The Morgan fingerprint density at radius 1 is 1.43 bits per heavy atom. The molecule has 0 saturated heterocycles. The summed E-state index contributed by atoms with van der Waals surface area (Å²) in [6.45, 7) is 6.15. The van der Waals surface area contributed by atoms with Crippen molar-refractivity contribution in [2.75, 3.05) is 5.73 Å². The van der Waals surface area contributed by atoms with Gasteiger partial charge in [0.15, 0.2) is 0 Å². The molecule has 0 fully saturated rings. The Balaban J connectivity index is 2.10. The first-order chi connectivity index (χ1) is 10.0. The number of nitrogen functional groups attached to an aromatic ring is 1. The summed E-state index contributed by atoms with van der Waals surface area (Å²) in [5.74, 6) is -0.0860. The lowest BCUT2D eigenvalue weighted by atomic mass is 10.1. The molecule has 0 aliphatic carbocycles. The van der Waals surface area contributed by atoms with Crippen molar-refractivity contribution >= 4 is 33.1 Å². The number of aromatic nitrogens is 1. The average molecular weight is 305 g/mol. The summed E-state index contributed by atoms with van der Waals surface area (Å²) < 4.78 is 0. The van der Waals surface area contributed by atoms with Gasteiger partial charge in [-0.1, -0.05) is 26.2 Å². The quantitative estimate of drug-likeness (QED) is 0.796. The highest BCUT2D eigenvalue weighted by molar-refractivity contribution is 7.21. The molecule has 0 spiro atoms. The molecule has 2 aromatic heterocycles.